The van der Waals surface area contributed by atoms with Crippen LogP contribution in [0, 0.1) is 28.6 Å². The normalized spacial score (nSPS) is 39.2. The minimum absolute atomic E-state index is 0.122. The summed E-state index contributed by atoms with van der Waals surface area (Å²) < 4.78 is 2.13. The third-order valence-electron chi connectivity index (χ3n) is 9.58. The second-order valence-corrected chi connectivity index (χ2v) is 10.9. The third kappa shape index (κ3) is 2.78. The zero-order chi connectivity index (χ0) is 21.2. The summed E-state index contributed by atoms with van der Waals surface area (Å²) in [5.74, 6) is 2.23. The van der Waals surface area contributed by atoms with Gasteiger partial charge in [0.2, 0.25) is 0 Å². The molecule has 2 fully saturated rings. The lowest BCUT2D eigenvalue weighted by molar-refractivity contribution is -0.0239. The van der Waals surface area contributed by atoms with Gasteiger partial charge in [-0.25, -0.2) is 4.68 Å². The highest BCUT2D eigenvalue weighted by Gasteiger charge is 2.57. The second-order valence-electron chi connectivity index (χ2n) is 10.9. The fourth-order valence-corrected chi connectivity index (χ4v) is 7.89. The van der Waals surface area contributed by atoms with Crippen LogP contribution in [0.5, 0.6) is 0 Å². The summed E-state index contributed by atoms with van der Waals surface area (Å²) in [5.41, 5.74) is 6.01. The first-order valence-electron chi connectivity index (χ1n) is 12.2. The summed E-state index contributed by atoms with van der Waals surface area (Å²) in [6, 6.07) is 12.8. The number of para-hydroxylation sites is 1. The Morgan fingerprint density at radius 1 is 0.935 bits per heavy atom. The van der Waals surface area contributed by atoms with E-state index in [-0.39, 0.29) is 11.5 Å². The van der Waals surface area contributed by atoms with Crippen LogP contribution in [0.15, 0.2) is 60.3 Å². The molecule has 3 heteroatoms. The van der Waals surface area contributed by atoms with E-state index in [2.05, 4.69) is 67.1 Å². The molecule has 1 aromatic carbocycles. The molecule has 2 aromatic rings. The van der Waals surface area contributed by atoms with Gasteiger partial charge < -0.3 is 5.11 Å². The molecule has 6 rings (SSSR count). The summed E-state index contributed by atoms with van der Waals surface area (Å²) >= 11 is 0. The van der Waals surface area contributed by atoms with E-state index in [4.69, 9.17) is 5.10 Å². The molecule has 0 spiro atoms. The van der Waals surface area contributed by atoms with Crippen LogP contribution in [0.25, 0.3) is 11.3 Å². The van der Waals surface area contributed by atoms with Crippen molar-refractivity contribution in [3.05, 3.63) is 66.0 Å². The molecule has 4 aliphatic carbocycles. The standard InChI is InChI=1S/C28H34N2O/c1-27-15-12-21(31)18-19(27)8-9-22-23-10-11-25(28(23,2)16-13-24(22)27)26-14-17-29-30(26)20-6-4-3-5-7-20/h3-8,11,14,17,21-24,31H,9-10,12-13,15-16,18H2,1-2H3/t21-,22-,23-,24-,27-,28-/m0/s1. The largest absolute Gasteiger partial charge is 0.393 e. The van der Waals surface area contributed by atoms with Crippen molar-refractivity contribution in [2.75, 3.05) is 0 Å². The van der Waals surface area contributed by atoms with E-state index in [9.17, 15) is 5.11 Å². The first-order chi connectivity index (χ1) is 15.0. The maximum absolute atomic E-state index is 10.3. The van der Waals surface area contributed by atoms with Crippen molar-refractivity contribution in [1.82, 2.24) is 9.78 Å². The fraction of sp³-hybridized carbons (Fsp3) is 0.536. The van der Waals surface area contributed by atoms with Gasteiger partial charge in [-0.1, -0.05) is 49.8 Å². The van der Waals surface area contributed by atoms with Crippen LogP contribution in [-0.2, 0) is 0 Å². The summed E-state index contributed by atoms with van der Waals surface area (Å²) in [4.78, 5) is 0. The van der Waals surface area contributed by atoms with E-state index in [1.54, 1.807) is 5.57 Å². The molecule has 2 saturated carbocycles. The molecule has 1 aromatic heterocycles. The SMILES string of the molecule is C[C@]12CC[C@H](O)CC1=CC[C@@H]1[C@@H]2CC[C@]2(C)C(c3ccnn3-c3ccccc3)=CC[C@@H]12. The van der Waals surface area contributed by atoms with Gasteiger partial charge in [-0.15, -0.1) is 0 Å². The molecular formula is C28H34N2O. The summed E-state index contributed by atoms with van der Waals surface area (Å²) in [6.07, 6.45) is 14.9. The van der Waals surface area contributed by atoms with Gasteiger partial charge in [-0.3, -0.25) is 0 Å². The van der Waals surface area contributed by atoms with Crippen molar-refractivity contribution in [2.24, 2.45) is 28.6 Å². The van der Waals surface area contributed by atoms with E-state index >= 15 is 0 Å². The minimum atomic E-state index is -0.122. The second kappa shape index (κ2) is 6.93. The maximum Gasteiger partial charge on any atom is 0.0703 e. The van der Waals surface area contributed by atoms with Crippen LogP contribution >= 0.6 is 0 Å². The Morgan fingerprint density at radius 2 is 1.74 bits per heavy atom. The van der Waals surface area contributed by atoms with Gasteiger partial charge in [-0.05, 0) is 97.3 Å². The Hall–Kier alpha value is -2.13. The smallest absolute Gasteiger partial charge is 0.0703 e. The Bertz CT molecular complexity index is 1050. The molecule has 0 aliphatic heterocycles. The number of allylic oxidation sites excluding steroid dienone is 3. The zero-order valence-electron chi connectivity index (χ0n) is 18.8. The molecule has 162 valence electrons. The minimum Gasteiger partial charge on any atom is -0.393 e. The van der Waals surface area contributed by atoms with Crippen LogP contribution in [0.2, 0.25) is 0 Å². The van der Waals surface area contributed by atoms with Gasteiger partial charge >= 0.3 is 0 Å². The Kier molecular flexibility index (Phi) is 4.37. The molecule has 4 aliphatic rings. The van der Waals surface area contributed by atoms with E-state index in [0.717, 1.165) is 36.8 Å². The van der Waals surface area contributed by atoms with Crippen LogP contribution in [0.4, 0.5) is 0 Å². The number of aliphatic hydroxyl groups excluding tert-OH is 1. The van der Waals surface area contributed by atoms with Gasteiger partial charge in [0.1, 0.15) is 0 Å². The summed E-state index contributed by atoms with van der Waals surface area (Å²) in [7, 11) is 0. The molecule has 31 heavy (non-hydrogen) atoms. The maximum atomic E-state index is 10.3. The molecule has 6 atom stereocenters. The van der Waals surface area contributed by atoms with Crippen LogP contribution in [0.1, 0.15) is 64.5 Å². The van der Waals surface area contributed by atoms with Crippen molar-refractivity contribution in [2.45, 2.75) is 64.9 Å². The number of hydrogen-bond acceptors (Lipinski definition) is 2. The Balaban J connectivity index is 1.34. The van der Waals surface area contributed by atoms with Gasteiger partial charge in [0.15, 0.2) is 0 Å². The van der Waals surface area contributed by atoms with Crippen LogP contribution < -0.4 is 0 Å². The predicted octanol–water partition coefficient (Wildman–Crippen LogP) is 6.19. The number of fused-ring (bicyclic) bond motifs is 5. The van der Waals surface area contributed by atoms with Crippen LogP contribution in [0.3, 0.4) is 0 Å². The van der Waals surface area contributed by atoms with Crippen molar-refractivity contribution >= 4 is 5.57 Å². The molecule has 0 saturated heterocycles. The highest BCUT2D eigenvalue weighted by Crippen LogP contribution is 2.66. The molecule has 3 nitrogen and oxygen atoms in total. The van der Waals surface area contributed by atoms with Crippen LogP contribution in [-0.4, -0.2) is 21.0 Å². The van der Waals surface area contributed by atoms with E-state index < -0.39 is 0 Å². The molecule has 0 unspecified atom stereocenters. The van der Waals surface area contributed by atoms with Crippen molar-refractivity contribution in [1.29, 1.82) is 0 Å². The average Bonchev–Trinajstić information content (AvgIpc) is 3.38. The number of nitrogens with zero attached hydrogens (tertiary/aromatic N) is 2. The summed E-state index contributed by atoms with van der Waals surface area (Å²) in [5, 5.41) is 14.9. The summed E-state index contributed by atoms with van der Waals surface area (Å²) in [6.45, 7) is 5.04. The van der Waals surface area contributed by atoms with E-state index in [0.29, 0.717) is 11.3 Å². The number of benzene rings is 1. The number of aliphatic hydroxyl groups is 1. The molecule has 0 radical (unpaired) electrons. The zero-order valence-corrected chi connectivity index (χ0v) is 18.8. The molecule has 1 N–H and O–H groups in total. The molecular weight excluding hydrogens is 380 g/mol. The Labute approximate surface area is 185 Å². The number of rotatable bonds is 2. The highest BCUT2D eigenvalue weighted by atomic mass is 16.3. The predicted molar refractivity (Wildman–Crippen MR) is 125 cm³/mol. The quantitative estimate of drug-likeness (QED) is 0.595. The van der Waals surface area contributed by atoms with E-state index in [1.807, 2.05) is 6.20 Å². The molecule has 0 amide bonds. The van der Waals surface area contributed by atoms with Gasteiger partial charge in [0.25, 0.3) is 0 Å². The van der Waals surface area contributed by atoms with Crippen molar-refractivity contribution < 1.29 is 5.11 Å². The number of hydrogen-bond donors (Lipinski definition) is 1. The average molecular weight is 415 g/mol. The lowest BCUT2D eigenvalue weighted by Crippen LogP contribution is -2.49. The first-order valence-corrected chi connectivity index (χ1v) is 12.2. The monoisotopic (exact) mass is 414 g/mol. The van der Waals surface area contributed by atoms with Gasteiger partial charge in [0, 0.05) is 0 Å². The van der Waals surface area contributed by atoms with Gasteiger partial charge in [0.05, 0.1) is 23.7 Å². The highest BCUT2D eigenvalue weighted by molar-refractivity contribution is 5.72. The third-order valence-corrected chi connectivity index (χ3v) is 9.58. The Morgan fingerprint density at radius 3 is 2.58 bits per heavy atom. The fourth-order valence-electron chi connectivity index (χ4n) is 7.89. The van der Waals surface area contributed by atoms with E-state index in [1.165, 1.54) is 37.0 Å². The van der Waals surface area contributed by atoms with Crippen molar-refractivity contribution in [3.8, 4) is 5.69 Å². The topological polar surface area (TPSA) is 38.1 Å². The van der Waals surface area contributed by atoms with Crippen molar-refractivity contribution in [3.63, 3.8) is 0 Å². The first kappa shape index (κ1) is 19.5. The number of aromatic nitrogens is 2. The lowest BCUT2D eigenvalue weighted by atomic mass is 9.47. The molecule has 0 bridgehead atoms. The molecule has 1 heterocycles. The lowest BCUT2D eigenvalue weighted by Gasteiger charge is -2.57. The van der Waals surface area contributed by atoms with Gasteiger partial charge in [-0.2, -0.15) is 5.10 Å².